The predicted molar refractivity (Wildman–Crippen MR) is 73.0 cm³/mol. The molecule has 3 nitrogen and oxygen atoms in total. The maximum absolute atomic E-state index is 13.8. The molecule has 0 aliphatic carbocycles. The average Bonchev–Trinajstić information content (AvgIpc) is 2.45. The first-order chi connectivity index (χ1) is 9.26. The molecule has 1 atom stereocenters. The summed E-state index contributed by atoms with van der Waals surface area (Å²) in [6.45, 7) is 2.15. The van der Waals surface area contributed by atoms with Gasteiger partial charge in [0.05, 0.1) is 7.11 Å². The molecule has 19 heavy (non-hydrogen) atoms. The number of hydrogen-bond donors (Lipinski definition) is 2. The number of rotatable bonds is 5. The Morgan fingerprint density at radius 3 is 2.74 bits per heavy atom. The van der Waals surface area contributed by atoms with Crippen LogP contribution in [0.25, 0.3) is 0 Å². The van der Waals surface area contributed by atoms with E-state index in [0.29, 0.717) is 12.3 Å². The zero-order valence-corrected chi connectivity index (χ0v) is 11.4. The second-order valence-electron chi connectivity index (χ2n) is 5.10. The molecule has 1 aromatic carbocycles. The van der Waals surface area contributed by atoms with E-state index in [9.17, 15) is 9.50 Å². The molecule has 1 heterocycles. The summed E-state index contributed by atoms with van der Waals surface area (Å²) in [6, 6.07) is 5.15. The van der Waals surface area contributed by atoms with Gasteiger partial charge in [0.25, 0.3) is 0 Å². The maximum Gasteiger partial charge on any atom is 0.165 e. The second kappa shape index (κ2) is 6.87. The van der Waals surface area contributed by atoms with Crippen LogP contribution in [0.15, 0.2) is 18.2 Å². The van der Waals surface area contributed by atoms with Crippen LogP contribution in [-0.4, -0.2) is 31.9 Å². The van der Waals surface area contributed by atoms with Crippen LogP contribution in [0.1, 0.15) is 30.7 Å². The van der Waals surface area contributed by atoms with Gasteiger partial charge in [-0.25, -0.2) is 4.39 Å². The molecule has 0 aromatic heterocycles. The standard InChI is InChI=1S/C15H22FNO2/c1-19-15-3-2-12(10-14(15)16)13(6-9-18)11-4-7-17-8-5-11/h2-3,10-11,13,17-18H,4-9H2,1H3. The fourth-order valence-corrected chi connectivity index (χ4v) is 2.97. The topological polar surface area (TPSA) is 41.5 Å². The van der Waals surface area contributed by atoms with E-state index in [4.69, 9.17) is 4.74 Å². The van der Waals surface area contributed by atoms with Gasteiger partial charge in [0.15, 0.2) is 11.6 Å². The highest BCUT2D eigenvalue weighted by molar-refractivity contribution is 5.31. The van der Waals surface area contributed by atoms with E-state index < -0.39 is 0 Å². The van der Waals surface area contributed by atoms with Crippen molar-refractivity contribution in [2.24, 2.45) is 5.92 Å². The van der Waals surface area contributed by atoms with Crippen LogP contribution < -0.4 is 10.1 Å². The van der Waals surface area contributed by atoms with Crippen LogP contribution in [0, 0.1) is 11.7 Å². The van der Waals surface area contributed by atoms with Crippen molar-refractivity contribution in [3.8, 4) is 5.75 Å². The van der Waals surface area contributed by atoms with Crippen molar-refractivity contribution in [2.45, 2.75) is 25.2 Å². The lowest BCUT2D eigenvalue weighted by atomic mass is 9.78. The molecule has 0 radical (unpaired) electrons. The molecule has 0 amide bonds. The molecule has 1 aliphatic rings. The fraction of sp³-hybridized carbons (Fsp3) is 0.600. The van der Waals surface area contributed by atoms with Crippen LogP contribution in [0.3, 0.4) is 0 Å². The van der Waals surface area contributed by atoms with Crippen molar-refractivity contribution in [3.05, 3.63) is 29.6 Å². The summed E-state index contributed by atoms with van der Waals surface area (Å²) in [7, 11) is 1.47. The quantitative estimate of drug-likeness (QED) is 0.860. The van der Waals surface area contributed by atoms with Gasteiger partial charge in [0.2, 0.25) is 0 Å². The van der Waals surface area contributed by atoms with Crippen molar-refractivity contribution < 1.29 is 14.2 Å². The van der Waals surface area contributed by atoms with Gasteiger partial charge in [0, 0.05) is 6.61 Å². The van der Waals surface area contributed by atoms with Crippen LogP contribution in [0.5, 0.6) is 5.75 Å². The number of aliphatic hydroxyl groups is 1. The number of methoxy groups -OCH3 is 1. The van der Waals surface area contributed by atoms with Gasteiger partial charge >= 0.3 is 0 Å². The summed E-state index contributed by atoms with van der Waals surface area (Å²) < 4.78 is 18.8. The lowest BCUT2D eigenvalue weighted by Gasteiger charge is -2.31. The summed E-state index contributed by atoms with van der Waals surface area (Å²) in [5.74, 6) is 0.697. The summed E-state index contributed by atoms with van der Waals surface area (Å²) in [5.41, 5.74) is 0.972. The molecule has 2 rings (SSSR count). The summed E-state index contributed by atoms with van der Waals surface area (Å²) in [6.07, 6.45) is 2.85. The Kier molecular flexibility index (Phi) is 5.16. The highest BCUT2D eigenvalue weighted by Crippen LogP contribution is 2.35. The zero-order valence-electron chi connectivity index (χ0n) is 11.4. The third kappa shape index (κ3) is 3.45. The van der Waals surface area contributed by atoms with E-state index in [0.717, 1.165) is 31.5 Å². The first-order valence-corrected chi connectivity index (χ1v) is 6.91. The van der Waals surface area contributed by atoms with Crippen LogP contribution in [-0.2, 0) is 0 Å². The first-order valence-electron chi connectivity index (χ1n) is 6.91. The van der Waals surface area contributed by atoms with E-state index in [-0.39, 0.29) is 24.1 Å². The van der Waals surface area contributed by atoms with Crippen molar-refractivity contribution in [1.29, 1.82) is 0 Å². The number of piperidine rings is 1. The zero-order chi connectivity index (χ0) is 13.7. The number of halogens is 1. The molecule has 1 aliphatic heterocycles. The van der Waals surface area contributed by atoms with E-state index in [1.807, 2.05) is 6.07 Å². The SMILES string of the molecule is COc1ccc(C(CCO)C2CCNCC2)cc1F. The Morgan fingerprint density at radius 1 is 1.42 bits per heavy atom. The van der Waals surface area contributed by atoms with E-state index >= 15 is 0 Å². The van der Waals surface area contributed by atoms with Crippen LogP contribution in [0.4, 0.5) is 4.39 Å². The molecule has 1 aromatic rings. The maximum atomic E-state index is 13.8. The summed E-state index contributed by atoms with van der Waals surface area (Å²) in [4.78, 5) is 0. The number of hydrogen-bond acceptors (Lipinski definition) is 3. The second-order valence-corrected chi connectivity index (χ2v) is 5.10. The monoisotopic (exact) mass is 267 g/mol. The molecule has 1 saturated heterocycles. The average molecular weight is 267 g/mol. The van der Waals surface area contributed by atoms with Gasteiger partial charge in [-0.2, -0.15) is 0 Å². The van der Waals surface area contributed by atoms with E-state index in [2.05, 4.69) is 5.32 Å². The lowest BCUT2D eigenvalue weighted by molar-refractivity contribution is 0.233. The molecule has 1 unspecified atom stereocenters. The van der Waals surface area contributed by atoms with Gasteiger partial charge in [-0.05, 0) is 61.9 Å². The van der Waals surface area contributed by atoms with Crippen molar-refractivity contribution in [2.75, 3.05) is 26.8 Å². The minimum Gasteiger partial charge on any atom is -0.494 e. The van der Waals surface area contributed by atoms with Crippen molar-refractivity contribution >= 4 is 0 Å². The molecular formula is C15H22FNO2. The Balaban J connectivity index is 2.19. The molecule has 106 valence electrons. The van der Waals surface area contributed by atoms with Gasteiger partial charge < -0.3 is 15.2 Å². The Morgan fingerprint density at radius 2 is 2.16 bits per heavy atom. The molecule has 2 N–H and O–H groups in total. The first kappa shape index (κ1) is 14.3. The Labute approximate surface area is 113 Å². The number of aliphatic hydroxyl groups excluding tert-OH is 1. The largest absolute Gasteiger partial charge is 0.494 e. The Bertz CT molecular complexity index is 405. The highest BCUT2D eigenvalue weighted by atomic mass is 19.1. The lowest BCUT2D eigenvalue weighted by Crippen LogP contribution is -2.31. The van der Waals surface area contributed by atoms with Crippen molar-refractivity contribution in [3.63, 3.8) is 0 Å². The van der Waals surface area contributed by atoms with E-state index in [1.165, 1.54) is 7.11 Å². The van der Waals surface area contributed by atoms with Gasteiger partial charge in [0.1, 0.15) is 0 Å². The minimum atomic E-state index is -0.322. The van der Waals surface area contributed by atoms with E-state index in [1.54, 1.807) is 12.1 Å². The minimum absolute atomic E-state index is 0.141. The molecular weight excluding hydrogens is 245 g/mol. The number of nitrogens with one attached hydrogen (secondary N) is 1. The van der Waals surface area contributed by atoms with Gasteiger partial charge in [-0.15, -0.1) is 0 Å². The van der Waals surface area contributed by atoms with Gasteiger partial charge in [-0.3, -0.25) is 0 Å². The third-order valence-electron chi connectivity index (χ3n) is 4.00. The Hall–Kier alpha value is -1.13. The van der Waals surface area contributed by atoms with Crippen LogP contribution >= 0.6 is 0 Å². The number of ether oxygens (including phenoxy) is 1. The van der Waals surface area contributed by atoms with Crippen molar-refractivity contribution in [1.82, 2.24) is 5.32 Å². The molecule has 0 spiro atoms. The molecule has 4 heteroatoms. The third-order valence-corrected chi connectivity index (χ3v) is 4.00. The normalized spacial score (nSPS) is 18.3. The van der Waals surface area contributed by atoms with Gasteiger partial charge in [-0.1, -0.05) is 6.07 Å². The summed E-state index contributed by atoms with van der Waals surface area (Å²) >= 11 is 0. The molecule has 0 saturated carbocycles. The number of benzene rings is 1. The predicted octanol–water partition coefficient (Wildman–Crippen LogP) is 2.30. The summed E-state index contributed by atoms with van der Waals surface area (Å²) in [5, 5.41) is 12.6. The van der Waals surface area contributed by atoms with Crippen LogP contribution in [0.2, 0.25) is 0 Å². The smallest absolute Gasteiger partial charge is 0.165 e. The fourth-order valence-electron chi connectivity index (χ4n) is 2.97. The molecule has 0 bridgehead atoms. The highest BCUT2D eigenvalue weighted by Gasteiger charge is 2.25. The molecule has 1 fully saturated rings.